The Hall–Kier alpha value is -3.08. The lowest BCUT2D eigenvalue weighted by Gasteiger charge is -2.26. The van der Waals surface area contributed by atoms with Crippen LogP contribution in [0.1, 0.15) is 23.5 Å². The van der Waals surface area contributed by atoms with E-state index in [1.54, 1.807) is 18.3 Å². The molecule has 1 aliphatic heterocycles. The summed E-state index contributed by atoms with van der Waals surface area (Å²) in [6.07, 6.45) is 1.75. The summed E-state index contributed by atoms with van der Waals surface area (Å²) in [5.41, 5.74) is 2.04. The number of halogens is 2. The highest BCUT2D eigenvalue weighted by molar-refractivity contribution is 7.99. The van der Waals surface area contributed by atoms with Crippen molar-refractivity contribution < 1.29 is 13.9 Å². The number of amides is 1. The van der Waals surface area contributed by atoms with Crippen LogP contribution in [0.5, 0.6) is 0 Å². The van der Waals surface area contributed by atoms with Crippen molar-refractivity contribution in [3.63, 3.8) is 0 Å². The van der Waals surface area contributed by atoms with Gasteiger partial charge in [-0.3, -0.25) is 9.78 Å². The average Bonchev–Trinajstić information content (AvgIpc) is 3.51. The average molecular weight is 586 g/mol. The molecule has 0 aliphatic carbocycles. The van der Waals surface area contributed by atoms with Crippen molar-refractivity contribution in [1.29, 1.82) is 0 Å². The molecule has 1 saturated heterocycles. The van der Waals surface area contributed by atoms with E-state index >= 15 is 0 Å². The van der Waals surface area contributed by atoms with E-state index in [2.05, 4.69) is 15.6 Å². The number of anilines is 2. The van der Waals surface area contributed by atoms with Crippen LogP contribution in [0.4, 0.5) is 11.4 Å². The van der Waals surface area contributed by atoms with E-state index in [9.17, 15) is 4.79 Å². The van der Waals surface area contributed by atoms with Crippen LogP contribution in [0.15, 0.2) is 93.4 Å². The third-order valence-corrected chi connectivity index (χ3v) is 7.61. The van der Waals surface area contributed by atoms with Gasteiger partial charge in [-0.05, 0) is 78.9 Å². The largest absolute Gasteiger partial charge is 0.452 e. The summed E-state index contributed by atoms with van der Waals surface area (Å²) in [4.78, 5) is 19.5. The van der Waals surface area contributed by atoms with Crippen molar-refractivity contribution >= 4 is 69.6 Å². The number of furan rings is 1. The number of hydrogen-bond acceptors (Lipinski definition) is 6. The molecule has 1 fully saturated rings. The highest BCUT2D eigenvalue weighted by Crippen LogP contribution is 2.44. The fourth-order valence-electron chi connectivity index (χ4n) is 4.16. The van der Waals surface area contributed by atoms with Gasteiger partial charge >= 0.3 is 0 Å². The first-order chi connectivity index (χ1) is 18.4. The van der Waals surface area contributed by atoms with E-state index in [4.69, 9.17) is 44.6 Å². The van der Waals surface area contributed by atoms with E-state index in [1.165, 1.54) is 18.9 Å². The third-order valence-electron chi connectivity index (χ3n) is 5.80. The van der Waals surface area contributed by atoms with Gasteiger partial charge in [0.25, 0.3) is 0 Å². The predicted octanol–water partition coefficient (Wildman–Crippen LogP) is 6.89. The molecule has 2 aromatic heterocycles. The van der Waals surface area contributed by atoms with Crippen LogP contribution in [0.2, 0.25) is 10.0 Å². The Kier molecular flexibility index (Phi) is 8.21. The summed E-state index contributed by atoms with van der Waals surface area (Å²) >= 11 is 19.9. The van der Waals surface area contributed by atoms with E-state index in [0.717, 1.165) is 21.4 Å². The van der Waals surface area contributed by atoms with Crippen LogP contribution >= 0.6 is 47.2 Å². The van der Waals surface area contributed by atoms with Gasteiger partial charge < -0.3 is 24.7 Å². The monoisotopic (exact) mass is 584 g/mol. The lowest BCUT2D eigenvalue weighted by atomic mass is 10.0. The van der Waals surface area contributed by atoms with E-state index < -0.39 is 0 Å². The zero-order valence-electron chi connectivity index (χ0n) is 20.1. The quantitative estimate of drug-likeness (QED) is 0.217. The molecule has 5 rings (SSSR count). The van der Waals surface area contributed by atoms with Gasteiger partial charge in [-0.1, -0.05) is 41.0 Å². The molecule has 7 nitrogen and oxygen atoms in total. The van der Waals surface area contributed by atoms with Gasteiger partial charge in [0.05, 0.1) is 22.4 Å². The fourth-order valence-corrected chi connectivity index (χ4v) is 5.63. The highest BCUT2D eigenvalue weighted by atomic mass is 35.5. The van der Waals surface area contributed by atoms with E-state index in [1.807, 2.05) is 65.6 Å². The smallest absolute Gasteiger partial charge is 0.250 e. The molecule has 11 heteroatoms. The molecule has 1 aliphatic rings. The maximum atomic E-state index is 12.0. The maximum absolute atomic E-state index is 12.0. The molecule has 2 atom stereocenters. The van der Waals surface area contributed by atoms with Crippen LogP contribution in [0, 0.1) is 0 Å². The van der Waals surface area contributed by atoms with Gasteiger partial charge in [0.15, 0.2) is 10.2 Å². The summed E-state index contributed by atoms with van der Waals surface area (Å²) in [6, 6.07) is 21.9. The van der Waals surface area contributed by atoms with Crippen LogP contribution in [-0.4, -0.2) is 29.7 Å². The number of carbonyl (C=O) groups is 1. The number of nitrogens with zero attached hydrogens (tertiary/aromatic N) is 2. The molecular formula is C27H22Cl2N4O3S2. The zero-order chi connectivity index (χ0) is 26.6. The zero-order valence-corrected chi connectivity index (χ0v) is 23.2. The molecular weight excluding hydrogens is 563 g/mol. The Labute approximate surface area is 239 Å². The summed E-state index contributed by atoms with van der Waals surface area (Å²) < 4.78 is 11.2. The molecule has 194 valence electrons. The first-order valence-electron chi connectivity index (χ1n) is 11.5. The fraction of sp³-hybridized carbons (Fsp3) is 0.148. The topological polar surface area (TPSA) is 79.6 Å². The summed E-state index contributed by atoms with van der Waals surface area (Å²) in [5.74, 6) is 0.410. The number of pyridine rings is 1. The number of carbonyl (C=O) groups excluding carboxylic acids is 1. The standard InChI is InChI=1S/C27H22Cl2N4O3S2/c1-35-15-23(34)31-20-10-7-17(14-19(20)29)33-26(25(32-27(33)37)21-4-2-3-13-30-21)22-11-12-24(36-22)38-18-8-5-16(28)6-9-18/h2-14,25-26H,15H2,1H3,(H,31,34)(H,32,37). The minimum absolute atomic E-state index is 0.0686. The van der Waals surface area contributed by atoms with Gasteiger partial charge in [0, 0.05) is 28.9 Å². The minimum Gasteiger partial charge on any atom is -0.452 e. The molecule has 2 unspecified atom stereocenters. The second kappa shape index (κ2) is 11.8. The number of benzene rings is 2. The summed E-state index contributed by atoms with van der Waals surface area (Å²) in [7, 11) is 1.46. The first kappa shape index (κ1) is 26.5. The molecule has 0 spiro atoms. The predicted molar refractivity (Wildman–Crippen MR) is 154 cm³/mol. The minimum atomic E-state index is -0.345. The number of rotatable bonds is 8. The van der Waals surface area contributed by atoms with Crippen LogP contribution < -0.4 is 15.5 Å². The van der Waals surface area contributed by atoms with Gasteiger partial charge in [0.2, 0.25) is 5.91 Å². The highest BCUT2D eigenvalue weighted by Gasteiger charge is 2.42. The van der Waals surface area contributed by atoms with Crippen LogP contribution in [0.3, 0.4) is 0 Å². The Balaban J connectivity index is 1.48. The first-order valence-corrected chi connectivity index (χ1v) is 13.5. The Bertz CT molecular complexity index is 1450. The van der Waals surface area contributed by atoms with Crippen molar-refractivity contribution in [2.45, 2.75) is 22.1 Å². The Morgan fingerprint density at radius 3 is 2.68 bits per heavy atom. The van der Waals surface area contributed by atoms with E-state index in [-0.39, 0.29) is 24.6 Å². The van der Waals surface area contributed by atoms with Gasteiger partial charge in [-0.25, -0.2) is 0 Å². The van der Waals surface area contributed by atoms with Crippen molar-refractivity contribution in [2.75, 3.05) is 23.9 Å². The van der Waals surface area contributed by atoms with Gasteiger partial charge in [-0.15, -0.1) is 0 Å². The normalized spacial score (nSPS) is 16.9. The third kappa shape index (κ3) is 5.82. The van der Waals surface area contributed by atoms with Crippen molar-refractivity contribution in [3.05, 3.63) is 100 Å². The number of aromatic nitrogens is 1. The Morgan fingerprint density at radius 1 is 1.16 bits per heavy atom. The molecule has 0 radical (unpaired) electrons. The number of thiocarbonyl (C=S) groups is 1. The number of hydrogen-bond donors (Lipinski definition) is 2. The maximum Gasteiger partial charge on any atom is 0.250 e. The van der Waals surface area contributed by atoms with Gasteiger partial charge in [0.1, 0.15) is 18.4 Å². The summed E-state index contributed by atoms with van der Waals surface area (Å²) in [5, 5.41) is 8.42. The molecule has 3 heterocycles. The molecule has 0 saturated carbocycles. The molecule has 2 N–H and O–H groups in total. The van der Waals surface area contributed by atoms with Crippen molar-refractivity contribution in [2.24, 2.45) is 0 Å². The second-order valence-electron chi connectivity index (χ2n) is 8.35. The Morgan fingerprint density at radius 2 is 1.97 bits per heavy atom. The van der Waals surface area contributed by atoms with Crippen molar-refractivity contribution in [3.8, 4) is 0 Å². The SMILES string of the molecule is COCC(=O)Nc1ccc(N2C(=S)NC(c3ccccn3)C2c2ccc(Sc3ccc(Cl)cc3)o2)cc1Cl. The number of nitrogens with one attached hydrogen (secondary N) is 2. The second-order valence-corrected chi connectivity index (χ2v) is 10.7. The lowest BCUT2D eigenvalue weighted by molar-refractivity contribution is -0.119. The van der Waals surface area contributed by atoms with Gasteiger partial charge in [-0.2, -0.15) is 0 Å². The molecule has 2 aromatic carbocycles. The molecule has 38 heavy (non-hydrogen) atoms. The number of methoxy groups -OCH3 is 1. The lowest BCUT2D eigenvalue weighted by Crippen LogP contribution is -2.29. The van der Waals surface area contributed by atoms with Crippen molar-refractivity contribution in [1.82, 2.24) is 10.3 Å². The molecule has 4 aromatic rings. The number of ether oxygens (including phenoxy) is 1. The van der Waals surface area contributed by atoms with Crippen LogP contribution in [0.25, 0.3) is 0 Å². The van der Waals surface area contributed by atoms with E-state index in [0.29, 0.717) is 26.6 Å². The molecule has 0 bridgehead atoms. The summed E-state index contributed by atoms with van der Waals surface area (Å²) in [6.45, 7) is -0.0686. The van der Waals surface area contributed by atoms with Crippen LogP contribution in [-0.2, 0) is 9.53 Å². The molecule has 1 amide bonds.